The Morgan fingerprint density at radius 1 is 0.963 bits per heavy atom. The van der Waals surface area contributed by atoms with Crippen LogP contribution in [0.25, 0.3) is 5.65 Å². The average Bonchev–Trinajstić information content (AvgIpc) is 2.89. The Morgan fingerprint density at radius 3 is 2.63 bits per heavy atom. The van der Waals surface area contributed by atoms with Crippen LogP contribution in [-0.2, 0) is 0 Å². The second-order valence-electron chi connectivity index (χ2n) is 7.17. The van der Waals surface area contributed by atoms with Gasteiger partial charge in [-0.05, 0) is 31.4 Å². The molecule has 27 heavy (non-hydrogen) atoms. The van der Waals surface area contributed by atoms with E-state index in [1.165, 1.54) is 18.9 Å². The van der Waals surface area contributed by atoms with E-state index in [0.29, 0.717) is 18.3 Å². The molecule has 1 aliphatic heterocycles. The van der Waals surface area contributed by atoms with Crippen molar-refractivity contribution >= 4 is 17.3 Å². The number of aromatic nitrogens is 6. The number of rotatable bonds is 3. The number of hydrogen-bond acceptors (Lipinski definition) is 7. The first-order chi connectivity index (χ1) is 13.3. The lowest BCUT2D eigenvalue weighted by atomic mass is 9.85. The first-order valence-electron chi connectivity index (χ1n) is 9.47. The molecule has 9 heteroatoms. The van der Waals surface area contributed by atoms with Gasteiger partial charge in [0, 0.05) is 32.1 Å². The lowest BCUT2D eigenvalue weighted by molar-refractivity contribution is 0.395. The standard InChI is InChI=1S/C18H21FN8/c19-14-11-20-12-21-18(14)26-8-2-7-25(9-10-26)16-6-5-15-22-23-17(27(15)24-16)13-3-1-4-13/h5-6,11-13H,1-4,7-10H2. The van der Waals surface area contributed by atoms with Crippen LogP contribution in [0.3, 0.4) is 0 Å². The quantitative estimate of drug-likeness (QED) is 0.700. The third-order valence-corrected chi connectivity index (χ3v) is 5.51. The van der Waals surface area contributed by atoms with E-state index in [1.54, 1.807) is 0 Å². The fourth-order valence-electron chi connectivity index (χ4n) is 3.78. The Labute approximate surface area is 156 Å². The maximum atomic E-state index is 14.0. The Balaban J connectivity index is 1.38. The Morgan fingerprint density at radius 2 is 1.81 bits per heavy atom. The van der Waals surface area contributed by atoms with Gasteiger partial charge in [-0.15, -0.1) is 15.3 Å². The fraction of sp³-hybridized carbons (Fsp3) is 0.500. The second-order valence-corrected chi connectivity index (χ2v) is 7.17. The highest BCUT2D eigenvalue weighted by molar-refractivity contribution is 5.47. The Bertz CT molecular complexity index is 953. The van der Waals surface area contributed by atoms with Gasteiger partial charge in [0.25, 0.3) is 0 Å². The van der Waals surface area contributed by atoms with Crippen molar-refractivity contribution in [3.63, 3.8) is 0 Å². The van der Waals surface area contributed by atoms with Crippen LogP contribution in [0.4, 0.5) is 16.0 Å². The van der Waals surface area contributed by atoms with Crippen molar-refractivity contribution < 1.29 is 4.39 Å². The molecule has 3 aromatic rings. The minimum Gasteiger partial charge on any atom is -0.353 e. The molecule has 0 unspecified atom stereocenters. The van der Waals surface area contributed by atoms with Gasteiger partial charge >= 0.3 is 0 Å². The van der Waals surface area contributed by atoms with Gasteiger partial charge in [0.15, 0.2) is 23.1 Å². The van der Waals surface area contributed by atoms with Crippen molar-refractivity contribution in [3.05, 3.63) is 36.3 Å². The molecule has 0 spiro atoms. The summed E-state index contributed by atoms with van der Waals surface area (Å²) in [5, 5.41) is 13.4. The molecule has 0 radical (unpaired) electrons. The maximum Gasteiger partial charge on any atom is 0.183 e. The first kappa shape index (κ1) is 16.3. The van der Waals surface area contributed by atoms with Crippen LogP contribution in [0.2, 0.25) is 0 Å². The van der Waals surface area contributed by atoms with Gasteiger partial charge in [-0.2, -0.15) is 4.52 Å². The van der Waals surface area contributed by atoms with E-state index in [4.69, 9.17) is 5.10 Å². The van der Waals surface area contributed by atoms with Gasteiger partial charge in [0.2, 0.25) is 0 Å². The largest absolute Gasteiger partial charge is 0.353 e. The molecular formula is C18H21FN8. The summed E-state index contributed by atoms with van der Waals surface area (Å²) in [4.78, 5) is 12.1. The zero-order valence-corrected chi connectivity index (χ0v) is 15.0. The molecule has 1 aliphatic carbocycles. The van der Waals surface area contributed by atoms with Gasteiger partial charge in [-0.1, -0.05) is 6.42 Å². The van der Waals surface area contributed by atoms with Crippen molar-refractivity contribution in [1.82, 2.24) is 29.8 Å². The number of nitrogens with zero attached hydrogens (tertiary/aromatic N) is 8. The monoisotopic (exact) mass is 368 g/mol. The molecule has 1 saturated carbocycles. The van der Waals surface area contributed by atoms with Crippen LogP contribution in [0.1, 0.15) is 37.4 Å². The van der Waals surface area contributed by atoms with Crippen molar-refractivity contribution in [2.45, 2.75) is 31.6 Å². The van der Waals surface area contributed by atoms with Crippen LogP contribution in [0.15, 0.2) is 24.7 Å². The minimum absolute atomic E-state index is 0.375. The van der Waals surface area contributed by atoms with Gasteiger partial charge in [0.05, 0.1) is 6.20 Å². The summed E-state index contributed by atoms with van der Waals surface area (Å²) in [6.45, 7) is 3.06. The van der Waals surface area contributed by atoms with Gasteiger partial charge in [0.1, 0.15) is 12.1 Å². The van der Waals surface area contributed by atoms with Crippen molar-refractivity contribution in [2.75, 3.05) is 36.0 Å². The molecule has 5 rings (SSSR count). The second kappa shape index (κ2) is 6.71. The molecule has 0 bridgehead atoms. The van der Waals surface area contributed by atoms with Crippen molar-refractivity contribution in [2.24, 2.45) is 0 Å². The van der Waals surface area contributed by atoms with Gasteiger partial charge < -0.3 is 9.80 Å². The predicted molar refractivity (Wildman–Crippen MR) is 98.4 cm³/mol. The van der Waals surface area contributed by atoms with Crippen LogP contribution in [0, 0.1) is 5.82 Å². The van der Waals surface area contributed by atoms with Crippen LogP contribution < -0.4 is 9.80 Å². The number of fused-ring (bicyclic) bond motifs is 1. The number of halogens is 1. The number of hydrogen-bond donors (Lipinski definition) is 0. The minimum atomic E-state index is -0.375. The molecule has 2 fully saturated rings. The molecule has 0 atom stereocenters. The molecular weight excluding hydrogens is 347 g/mol. The van der Waals surface area contributed by atoms with E-state index in [1.807, 2.05) is 21.5 Å². The summed E-state index contributed by atoms with van der Waals surface area (Å²) in [6, 6.07) is 3.97. The average molecular weight is 368 g/mol. The molecule has 8 nitrogen and oxygen atoms in total. The highest BCUT2D eigenvalue weighted by Crippen LogP contribution is 2.35. The van der Waals surface area contributed by atoms with Crippen LogP contribution in [-0.4, -0.2) is 56.0 Å². The van der Waals surface area contributed by atoms with E-state index < -0.39 is 0 Å². The molecule has 3 aromatic heterocycles. The third-order valence-electron chi connectivity index (χ3n) is 5.51. The summed E-state index contributed by atoms with van der Waals surface area (Å²) in [5.41, 5.74) is 0.792. The van der Waals surface area contributed by atoms with E-state index in [2.05, 4.69) is 25.1 Å². The molecule has 0 amide bonds. The van der Waals surface area contributed by atoms with Crippen molar-refractivity contribution in [3.8, 4) is 0 Å². The molecule has 140 valence electrons. The van der Waals surface area contributed by atoms with E-state index in [9.17, 15) is 4.39 Å². The van der Waals surface area contributed by atoms with Crippen LogP contribution >= 0.6 is 0 Å². The third kappa shape index (κ3) is 2.96. The number of anilines is 2. The van der Waals surface area contributed by atoms with E-state index in [0.717, 1.165) is 56.2 Å². The Kier molecular flexibility index (Phi) is 4.06. The molecule has 2 aliphatic rings. The molecule has 0 N–H and O–H groups in total. The molecule has 1 saturated heterocycles. The lowest BCUT2D eigenvalue weighted by Crippen LogP contribution is -2.32. The van der Waals surface area contributed by atoms with E-state index >= 15 is 0 Å². The Hall–Kier alpha value is -2.84. The fourth-order valence-corrected chi connectivity index (χ4v) is 3.78. The summed E-state index contributed by atoms with van der Waals surface area (Å²) < 4.78 is 15.9. The topological polar surface area (TPSA) is 75.3 Å². The van der Waals surface area contributed by atoms with Crippen molar-refractivity contribution in [1.29, 1.82) is 0 Å². The first-order valence-corrected chi connectivity index (χ1v) is 9.47. The summed E-state index contributed by atoms with van der Waals surface area (Å²) >= 11 is 0. The molecule has 0 aromatic carbocycles. The summed E-state index contributed by atoms with van der Waals surface area (Å²) in [7, 11) is 0. The van der Waals surface area contributed by atoms with E-state index in [-0.39, 0.29) is 5.82 Å². The van der Waals surface area contributed by atoms with Gasteiger partial charge in [-0.3, -0.25) is 0 Å². The SMILES string of the molecule is Fc1cncnc1N1CCCN(c2ccc3nnc(C4CCC4)n3n2)CC1. The normalized spacial score (nSPS) is 18.6. The molecule has 4 heterocycles. The lowest BCUT2D eigenvalue weighted by Gasteiger charge is -2.24. The summed E-state index contributed by atoms with van der Waals surface area (Å²) in [6.07, 6.45) is 7.09. The van der Waals surface area contributed by atoms with Crippen LogP contribution in [0.5, 0.6) is 0 Å². The smallest absolute Gasteiger partial charge is 0.183 e. The zero-order chi connectivity index (χ0) is 18.2. The highest BCUT2D eigenvalue weighted by atomic mass is 19.1. The van der Waals surface area contributed by atoms with Gasteiger partial charge in [-0.25, -0.2) is 14.4 Å². The maximum absolute atomic E-state index is 14.0. The predicted octanol–water partition coefficient (Wildman–Crippen LogP) is 2.04. The summed E-state index contributed by atoms with van der Waals surface area (Å²) in [5.74, 6) is 2.36. The zero-order valence-electron chi connectivity index (χ0n) is 15.0. The highest BCUT2D eigenvalue weighted by Gasteiger charge is 2.26.